The number of anilines is 1. The Kier molecular flexibility index (Phi) is 3.66. The van der Waals surface area contributed by atoms with Crippen molar-refractivity contribution in [2.45, 2.75) is 25.7 Å². The first kappa shape index (κ1) is 13.4. The lowest BCUT2D eigenvalue weighted by Gasteiger charge is -2.45. The summed E-state index contributed by atoms with van der Waals surface area (Å²) in [6, 6.07) is 7.26. The van der Waals surface area contributed by atoms with Gasteiger partial charge < -0.3 is 16.0 Å². The molecule has 2 fully saturated rings. The van der Waals surface area contributed by atoms with E-state index in [0.29, 0.717) is 11.1 Å². The third-order valence-corrected chi connectivity index (χ3v) is 4.67. The van der Waals surface area contributed by atoms with Crippen LogP contribution in [0.5, 0.6) is 0 Å². The molecule has 1 aromatic rings. The molecule has 3 N–H and O–H groups in total. The highest BCUT2D eigenvalue weighted by atomic mass is 16.2. The maximum Gasteiger partial charge on any atom is 0.253 e. The van der Waals surface area contributed by atoms with Crippen LogP contribution in [-0.4, -0.2) is 37.0 Å². The second-order valence-corrected chi connectivity index (χ2v) is 6.23. The maximum atomic E-state index is 12.6. The molecule has 2 heterocycles. The van der Waals surface area contributed by atoms with Crippen molar-refractivity contribution in [2.75, 3.05) is 31.9 Å². The number of nitrogen functional groups attached to an aromatic ring is 1. The molecule has 1 spiro atoms. The molecule has 108 valence electrons. The van der Waals surface area contributed by atoms with Gasteiger partial charge in [-0.25, -0.2) is 0 Å². The molecule has 0 aliphatic carbocycles. The molecule has 0 aromatic heterocycles. The standard InChI is InChI=1S/C16H23N3O/c17-14-5-3-13(4-6-14)15(20)19-10-2-8-16(12-19)7-1-9-18-11-16/h3-6,18H,1-2,7-12,17H2. The lowest BCUT2D eigenvalue weighted by Crippen LogP contribution is -2.52. The van der Waals surface area contributed by atoms with Gasteiger partial charge in [-0.15, -0.1) is 0 Å². The van der Waals surface area contributed by atoms with Gasteiger partial charge in [-0.1, -0.05) is 0 Å². The molecule has 0 radical (unpaired) electrons. The van der Waals surface area contributed by atoms with Gasteiger partial charge in [0.05, 0.1) is 0 Å². The second kappa shape index (κ2) is 5.44. The molecule has 0 bridgehead atoms. The number of piperidine rings is 2. The predicted molar refractivity (Wildman–Crippen MR) is 80.5 cm³/mol. The molecule has 2 aliphatic rings. The van der Waals surface area contributed by atoms with Gasteiger partial charge in [-0.3, -0.25) is 4.79 Å². The van der Waals surface area contributed by atoms with E-state index in [1.54, 1.807) is 12.1 Å². The highest BCUT2D eigenvalue weighted by Crippen LogP contribution is 2.36. The highest BCUT2D eigenvalue weighted by molar-refractivity contribution is 5.94. The van der Waals surface area contributed by atoms with E-state index < -0.39 is 0 Å². The third-order valence-electron chi connectivity index (χ3n) is 4.67. The van der Waals surface area contributed by atoms with Crippen molar-refractivity contribution < 1.29 is 4.79 Å². The number of hydrogen-bond acceptors (Lipinski definition) is 3. The summed E-state index contributed by atoms with van der Waals surface area (Å²) in [5.41, 5.74) is 7.44. The van der Waals surface area contributed by atoms with Crippen LogP contribution in [0.15, 0.2) is 24.3 Å². The molecular formula is C16H23N3O. The zero-order chi connectivity index (χ0) is 14.0. The Morgan fingerprint density at radius 1 is 1.20 bits per heavy atom. The molecule has 3 rings (SSSR count). The number of nitrogens with zero attached hydrogens (tertiary/aromatic N) is 1. The van der Waals surface area contributed by atoms with Gasteiger partial charge in [0.2, 0.25) is 0 Å². The predicted octanol–water partition coefficient (Wildman–Crippen LogP) is 1.87. The van der Waals surface area contributed by atoms with Crippen LogP contribution in [0, 0.1) is 5.41 Å². The Morgan fingerprint density at radius 3 is 2.65 bits per heavy atom. The van der Waals surface area contributed by atoms with Crippen molar-refractivity contribution in [3.8, 4) is 0 Å². The topological polar surface area (TPSA) is 58.4 Å². The largest absolute Gasteiger partial charge is 0.399 e. The summed E-state index contributed by atoms with van der Waals surface area (Å²) in [6.45, 7) is 3.94. The first-order chi connectivity index (χ1) is 9.69. The first-order valence-corrected chi connectivity index (χ1v) is 7.54. The van der Waals surface area contributed by atoms with E-state index in [4.69, 9.17) is 5.73 Å². The van der Waals surface area contributed by atoms with Gasteiger partial charge in [0.25, 0.3) is 5.91 Å². The number of benzene rings is 1. The zero-order valence-electron chi connectivity index (χ0n) is 11.9. The minimum Gasteiger partial charge on any atom is -0.399 e. The third kappa shape index (κ3) is 2.66. The van der Waals surface area contributed by atoms with Crippen LogP contribution in [0.25, 0.3) is 0 Å². The fourth-order valence-electron chi connectivity index (χ4n) is 3.57. The molecule has 4 heteroatoms. The summed E-state index contributed by atoms with van der Waals surface area (Å²) in [6.07, 6.45) is 4.82. The molecule has 4 nitrogen and oxygen atoms in total. The Bertz CT molecular complexity index is 471. The van der Waals surface area contributed by atoms with Crippen molar-refractivity contribution in [2.24, 2.45) is 5.41 Å². The molecule has 1 aromatic carbocycles. The molecule has 20 heavy (non-hydrogen) atoms. The van der Waals surface area contributed by atoms with E-state index in [9.17, 15) is 4.79 Å². The molecule has 2 saturated heterocycles. The van der Waals surface area contributed by atoms with Crippen molar-refractivity contribution in [3.05, 3.63) is 29.8 Å². The highest BCUT2D eigenvalue weighted by Gasteiger charge is 2.38. The van der Waals surface area contributed by atoms with E-state index in [1.807, 2.05) is 17.0 Å². The number of carbonyl (C=O) groups is 1. The van der Waals surface area contributed by atoms with E-state index in [0.717, 1.165) is 38.2 Å². The number of carbonyl (C=O) groups excluding carboxylic acids is 1. The van der Waals surface area contributed by atoms with Gasteiger partial charge in [-0.05, 0) is 56.5 Å². The average Bonchev–Trinajstić information content (AvgIpc) is 2.48. The van der Waals surface area contributed by atoms with Crippen LogP contribution < -0.4 is 11.1 Å². The Balaban J connectivity index is 1.73. The SMILES string of the molecule is Nc1ccc(C(=O)N2CCCC3(CCCNC3)C2)cc1. The zero-order valence-corrected chi connectivity index (χ0v) is 11.9. The van der Waals surface area contributed by atoms with Crippen molar-refractivity contribution in [1.82, 2.24) is 10.2 Å². The summed E-state index contributed by atoms with van der Waals surface area (Å²) in [5.74, 6) is 0.148. The number of nitrogens with one attached hydrogen (secondary N) is 1. The van der Waals surface area contributed by atoms with Gasteiger partial charge in [0.15, 0.2) is 0 Å². The number of amides is 1. The maximum absolute atomic E-state index is 12.6. The summed E-state index contributed by atoms with van der Waals surface area (Å²) < 4.78 is 0. The molecule has 0 saturated carbocycles. The summed E-state index contributed by atoms with van der Waals surface area (Å²) in [5, 5.41) is 3.50. The second-order valence-electron chi connectivity index (χ2n) is 6.23. The first-order valence-electron chi connectivity index (χ1n) is 7.54. The summed E-state index contributed by atoms with van der Waals surface area (Å²) >= 11 is 0. The van der Waals surface area contributed by atoms with Gasteiger partial charge >= 0.3 is 0 Å². The van der Waals surface area contributed by atoms with E-state index in [-0.39, 0.29) is 5.91 Å². The average molecular weight is 273 g/mol. The van der Waals surface area contributed by atoms with Crippen molar-refractivity contribution >= 4 is 11.6 Å². The van der Waals surface area contributed by atoms with Gasteiger partial charge in [0, 0.05) is 36.3 Å². The fourth-order valence-corrected chi connectivity index (χ4v) is 3.57. The normalized spacial score (nSPS) is 26.7. The quantitative estimate of drug-likeness (QED) is 0.768. The smallest absolute Gasteiger partial charge is 0.253 e. The summed E-state index contributed by atoms with van der Waals surface area (Å²) in [7, 11) is 0. The molecule has 1 amide bonds. The van der Waals surface area contributed by atoms with Crippen LogP contribution in [0.3, 0.4) is 0 Å². The van der Waals surface area contributed by atoms with Gasteiger partial charge in [0.1, 0.15) is 0 Å². The minimum absolute atomic E-state index is 0.148. The minimum atomic E-state index is 0.148. The monoisotopic (exact) mass is 273 g/mol. The molecular weight excluding hydrogens is 250 g/mol. The number of rotatable bonds is 1. The van der Waals surface area contributed by atoms with E-state index in [1.165, 1.54) is 19.3 Å². The van der Waals surface area contributed by atoms with Crippen LogP contribution >= 0.6 is 0 Å². The van der Waals surface area contributed by atoms with Gasteiger partial charge in [-0.2, -0.15) is 0 Å². The summed E-state index contributed by atoms with van der Waals surface area (Å²) in [4.78, 5) is 14.6. The Morgan fingerprint density at radius 2 is 1.95 bits per heavy atom. The molecule has 1 atom stereocenters. The van der Waals surface area contributed by atoms with Crippen LogP contribution in [0.4, 0.5) is 5.69 Å². The van der Waals surface area contributed by atoms with Crippen molar-refractivity contribution in [1.29, 1.82) is 0 Å². The number of likely N-dealkylation sites (tertiary alicyclic amines) is 1. The molecule has 1 unspecified atom stereocenters. The number of nitrogens with two attached hydrogens (primary N) is 1. The Hall–Kier alpha value is -1.55. The Labute approximate surface area is 120 Å². The van der Waals surface area contributed by atoms with Crippen LogP contribution in [0.1, 0.15) is 36.0 Å². The lowest BCUT2D eigenvalue weighted by atomic mass is 9.74. The van der Waals surface area contributed by atoms with E-state index >= 15 is 0 Å². The fraction of sp³-hybridized carbons (Fsp3) is 0.562. The van der Waals surface area contributed by atoms with Crippen LogP contribution in [-0.2, 0) is 0 Å². The van der Waals surface area contributed by atoms with Crippen molar-refractivity contribution in [3.63, 3.8) is 0 Å². The number of hydrogen-bond donors (Lipinski definition) is 2. The van der Waals surface area contributed by atoms with Crippen LogP contribution in [0.2, 0.25) is 0 Å². The lowest BCUT2D eigenvalue weighted by molar-refractivity contribution is 0.0434. The van der Waals surface area contributed by atoms with E-state index in [2.05, 4.69) is 5.32 Å². The molecule has 2 aliphatic heterocycles.